The van der Waals surface area contributed by atoms with E-state index in [1.165, 1.54) is 44.2 Å². The molecule has 4 aromatic rings. The van der Waals surface area contributed by atoms with Gasteiger partial charge in [-0.05, 0) is 67.5 Å². The van der Waals surface area contributed by atoms with Crippen molar-refractivity contribution in [3.63, 3.8) is 0 Å². The van der Waals surface area contributed by atoms with Gasteiger partial charge in [-0.3, -0.25) is 0 Å². The molecule has 0 heterocycles. The maximum atomic E-state index is 2.41. The Kier molecular flexibility index (Phi) is 5.52. The topological polar surface area (TPSA) is 0 Å². The lowest BCUT2D eigenvalue weighted by Crippen LogP contribution is -2.12. The summed E-state index contributed by atoms with van der Waals surface area (Å²) >= 11 is 0. The highest BCUT2D eigenvalue weighted by Gasteiger charge is 2.17. The van der Waals surface area contributed by atoms with Crippen LogP contribution in [0.2, 0.25) is 0 Å². The minimum Gasteiger partial charge on any atom is -0.0616 e. The SMILES string of the molecule is CC(C)(C)c1ccc(Cc2ccc(C(C)(C)C)cc2-c2ccc3ccccc3c2)cc1. The monoisotopic (exact) mass is 406 g/mol. The zero-order valence-corrected chi connectivity index (χ0v) is 19.8. The van der Waals surface area contributed by atoms with Gasteiger partial charge in [-0.2, -0.15) is 0 Å². The first-order valence-electron chi connectivity index (χ1n) is 11.3. The van der Waals surface area contributed by atoms with Gasteiger partial charge in [0, 0.05) is 0 Å². The highest BCUT2D eigenvalue weighted by molar-refractivity contribution is 5.88. The van der Waals surface area contributed by atoms with Crippen LogP contribution in [0.5, 0.6) is 0 Å². The van der Waals surface area contributed by atoms with Crippen LogP contribution in [0.3, 0.4) is 0 Å². The van der Waals surface area contributed by atoms with E-state index in [0.717, 1.165) is 6.42 Å². The first-order valence-corrected chi connectivity index (χ1v) is 11.3. The molecule has 4 aromatic carbocycles. The summed E-state index contributed by atoms with van der Waals surface area (Å²) in [7, 11) is 0. The van der Waals surface area contributed by atoms with Crippen LogP contribution in [0.15, 0.2) is 84.9 Å². The summed E-state index contributed by atoms with van der Waals surface area (Å²) in [4.78, 5) is 0. The predicted octanol–water partition coefficient (Wildman–Crippen LogP) is 8.69. The molecular weight excluding hydrogens is 372 g/mol. The molecule has 0 N–H and O–H groups in total. The van der Waals surface area contributed by atoms with E-state index < -0.39 is 0 Å². The average molecular weight is 407 g/mol. The maximum absolute atomic E-state index is 2.41. The summed E-state index contributed by atoms with van der Waals surface area (Å²) in [6, 6.07) is 31.7. The van der Waals surface area contributed by atoms with Gasteiger partial charge in [0.25, 0.3) is 0 Å². The third kappa shape index (κ3) is 4.74. The van der Waals surface area contributed by atoms with Gasteiger partial charge < -0.3 is 0 Å². The Hall–Kier alpha value is -2.86. The molecule has 0 aliphatic rings. The fourth-order valence-corrected chi connectivity index (χ4v) is 4.17. The van der Waals surface area contributed by atoms with Crippen molar-refractivity contribution in [2.45, 2.75) is 58.8 Å². The summed E-state index contributed by atoms with van der Waals surface area (Å²) in [6.07, 6.45) is 0.941. The highest BCUT2D eigenvalue weighted by Crippen LogP contribution is 2.33. The molecule has 0 aliphatic carbocycles. The van der Waals surface area contributed by atoms with Crippen LogP contribution in [0.4, 0.5) is 0 Å². The second-order valence-electron chi connectivity index (χ2n) is 10.8. The molecule has 0 spiro atoms. The number of benzene rings is 4. The molecule has 0 heteroatoms. The molecule has 0 nitrogen and oxygen atoms in total. The van der Waals surface area contributed by atoms with Crippen LogP contribution >= 0.6 is 0 Å². The van der Waals surface area contributed by atoms with E-state index in [1.807, 2.05) is 0 Å². The lowest BCUT2D eigenvalue weighted by molar-refractivity contribution is 0.590. The molecule has 0 aromatic heterocycles. The number of rotatable bonds is 3. The van der Waals surface area contributed by atoms with Gasteiger partial charge in [0.15, 0.2) is 0 Å². The smallest absolute Gasteiger partial charge is 0.00196 e. The van der Waals surface area contributed by atoms with Crippen molar-refractivity contribution in [3.8, 4) is 11.1 Å². The number of fused-ring (bicyclic) bond motifs is 1. The molecular formula is C31H34. The molecule has 0 aliphatic heterocycles. The van der Waals surface area contributed by atoms with E-state index in [0.29, 0.717) is 0 Å². The minimum absolute atomic E-state index is 0.123. The standard InChI is InChI=1S/C31H34/c1-30(2,3)27-16-11-22(12-17-27)19-25-15-18-28(31(4,5)6)21-29(25)26-14-13-23-9-7-8-10-24(23)20-26/h7-18,20-21H,19H2,1-6H3. The van der Waals surface area contributed by atoms with Crippen LogP contribution < -0.4 is 0 Å². The van der Waals surface area contributed by atoms with Gasteiger partial charge >= 0.3 is 0 Å². The van der Waals surface area contributed by atoms with Gasteiger partial charge in [-0.15, -0.1) is 0 Å². The Morgan fingerprint density at radius 3 is 1.81 bits per heavy atom. The van der Waals surface area contributed by atoms with Crippen LogP contribution in [0, 0.1) is 0 Å². The van der Waals surface area contributed by atoms with Crippen molar-refractivity contribution in [1.29, 1.82) is 0 Å². The first-order chi connectivity index (χ1) is 14.6. The van der Waals surface area contributed by atoms with E-state index in [9.17, 15) is 0 Å². The first kappa shape index (κ1) is 21.4. The number of hydrogen-bond acceptors (Lipinski definition) is 0. The third-order valence-electron chi connectivity index (χ3n) is 6.25. The molecule has 0 unspecified atom stereocenters. The molecule has 0 amide bonds. The highest BCUT2D eigenvalue weighted by atomic mass is 14.2. The quantitative estimate of drug-likeness (QED) is 0.319. The van der Waals surface area contributed by atoms with Gasteiger partial charge in [-0.1, -0.05) is 120 Å². The fraction of sp³-hybridized carbons (Fsp3) is 0.290. The summed E-state index contributed by atoms with van der Waals surface area (Å²) in [5.74, 6) is 0. The molecule has 0 radical (unpaired) electrons. The Morgan fingerprint density at radius 1 is 0.548 bits per heavy atom. The van der Waals surface area contributed by atoms with E-state index in [-0.39, 0.29) is 10.8 Å². The van der Waals surface area contributed by atoms with Crippen molar-refractivity contribution in [3.05, 3.63) is 107 Å². The largest absolute Gasteiger partial charge is 0.0616 e. The van der Waals surface area contributed by atoms with E-state index in [2.05, 4.69) is 126 Å². The third-order valence-corrected chi connectivity index (χ3v) is 6.25. The second kappa shape index (κ2) is 8.00. The Balaban J connectivity index is 1.78. The summed E-state index contributed by atoms with van der Waals surface area (Å²) < 4.78 is 0. The van der Waals surface area contributed by atoms with E-state index >= 15 is 0 Å². The lowest BCUT2D eigenvalue weighted by atomic mass is 9.82. The summed E-state index contributed by atoms with van der Waals surface area (Å²) in [6.45, 7) is 13.7. The Labute approximate surface area is 188 Å². The van der Waals surface area contributed by atoms with Gasteiger partial charge in [-0.25, -0.2) is 0 Å². The van der Waals surface area contributed by atoms with Crippen molar-refractivity contribution in [1.82, 2.24) is 0 Å². The van der Waals surface area contributed by atoms with Crippen LogP contribution in [-0.4, -0.2) is 0 Å². The molecule has 0 atom stereocenters. The minimum atomic E-state index is 0.123. The van der Waals surface area contributed by atoms with Crippen LogP contribution in [-0.2, 0) is 17.3 Å². The van der Waals surface area contributed by atoms with E-state index in [1.54, 1.807) is 0 Å². The lowest BCUT2D eigenvalue weighted by Gasteiger charge is -2.22. The average Bonchev–Trinajstić information content (AvgIpc) is 2.72. The van der Waals surface area contributed by atoms with E-state index in [4.69, 9.17) is 0 Å². The van der Waals surface area contributed by atoms with Crippen molar-refractivity contribution in [2.24, 2.45) is 0 Å². The normalized spacial score (nSPS) is 12.3. The molecule has 31 heavy (non-hydrogen) atoms. The summed E-state index contributed by atoms with van der Waals surface area (Å²) in [5, 5.41) is 2.58. The zero-order chi connectivity index (χ0) is 22.2. The zero-order valence-electron chi connectivity index (χ0n) is 19.8. The molecule has 0 bridgehead atoms. The summed E-state index contributed by atoms with van der Waals surface area (Å²) in [5.41, 5.74) is 8.45. The maximum Gasteiger partial charge on any atom is -0.00196 e. The fourth-order valence-electron chi connectivity index (χ4n) is 4.17. The molecule has 0 saturated heterocycles. The number of hydrogen-bond donors (Lipinski definition) is 0. The van der Waals surface area contributed by atoms with Gasteiger partial charge in [0.1, 0.15) is 0 Å². The molecule has 158 valence electrons. The van der Waals surface area contributed by atoms with Gasteiger partial charge in [0.05, 0.1) is 0 Å². The van der Waals surface area contributed by atoms with Crippen molar-refractivity contribution >= 4 is 10.8 Å². The molecule has 4 rings (SSSR count). The van der Waals surface area contributed by atoms with Crippen LogP contribution in [0.25, 0.3) is 21.9 Å². The second-order valence-corrected chi connectivity index (χ2v) is 10.8. The Bertz CT molecular complexity index is 1200. The van der Waals surface area contributed by atoms with Crippen LogP contribution in [0.1, 0.15) is 63.8 Å². The Morgan fingerprint density at radius 2 is 1.16 bits per heavy atom. The molecule has 0 fully saturated rings. The van der Waals surface area contributed by atoms with Gasteiger partial charge in [0.2, 0.25) is 0 Å². The molecule has 0 saturated carbocycles. The van der Waals surface area contributed by atoms with Crippen molar-refractivity contribution < 1.29 is 0 Å². The van der Waals surface area contributed by atoms with Crippen molar-refractivity contribution in [2.75, 3.05) is 0 Å². The predicted molar refractivity (Wildman–Crippen MR) is 136 cm³/mol.